The highest BCUT2D eigenvalue weighted by Crippen LogP contribution is 2.28. The Morgan fingerprint density at radius 1 is 0.923 bits per heavy atom. The van der Waals surface area contributed by atoms with Gasteiger partial charge < -0.3 is 25.8 Å². The van der Waals surface area contributed by atoms with E-state index in [2.05, 4.69) is 29.8 Å². The zero-order chi connectivity index (χ0) is 29.0. The lowest BCUT2D eigenvalue weighted by molar-refractivity contribution is -0.130. The number of amides is 3. The Morgan fingerprint density at radius 3 is 2.15 bits per heavy atom. The molecule has 39 heavy (non-hydrogen) atoms. The van der Waals surface area contributed by atoms with Gasteiger partial charge in [0.2, 0.25) is 11.8 Å². The van der Waals surface area contributed by atoms with Gasteiger partial charge in [0.1, 0.15) is 17.7 Å². The third kappa shape index (κ3) is 12.9. The minimum atomic E-state index is -0.924. The van der Waals surface area contributed by atoms with E-state index >= 15 is 0 Å². The van der Waals surface area contributed by atoms with Gasteiger partial charge in [-0.2, -0.15) is 0 Å². The van der Waals surface area contributed by atoms with Gasteiger partial charge in [-0.3, -0.25) is 9.59 Å². The minimum Gasteiger partial charge on any atom is -0.444 e. The lowest BCUT2D eigenvalue weighted by atomic mass is 9.83. The number of ether oxygens (including phenoxy) is 1. The summed E-state index contributed by atoms with van der Waals surface area (Å²) in [5.74, 6) is 0.124. The van der Waals surface area contributed by atoms with Crippen LogP contribution in [0.15, 0.2) is 30.3 Å². The summed E-state index contributed by atoms with van der Waals surface area (Å²) >= 11 is 0. The summed E-state index contributed by atoms with van der Waals surface area (Å²) in [4.78, 5) is 39.0. The Morgan fingerprint density at radius 2 is 1.56 bits per heavy atom. The number of nitrogens with one attached hydrogen (secondary N) is 3. The fourth-order valence-electron chi connectivity index (χ4n) is 5.00. The van der Waals surface area contributed by atoms with Crippen molar-refractivity contribution < 1.29 is 24.2 Å². The highest BCUT2D eigenvalue weighted by atomic mass is 16.6. The van der Waals surface area contributed by atoms with Crippen molar-refractivity contribution in [3.8, 4) is 0 Å². The Bertz CT molecular complexity index is 893. The molecule has 1 fully saturated rings. The Hall–Kier alpha value is -2.61. The number of hydrogen-bond acceptors (Lipinski definition) is 5. The Labute approximate surface area is 235 Å². The van der Waals surface area contributed by atoms with Gasteiger partial charge in [-0.25, -0.2) is 4.79 Å². The number of rotatable bonds is 13. The first-order chi connectivity index (χ1) is 18.3. The predicted molar refractivity (Wildman–Crippen MR) is 154 cm³/mol. The summed E-state index contributed by atoms with van der Waals surface area (Å²) in [6.45, 7) is 11.1. The summed E-state index contributed by atoms with van der Waals surface area (Å²) in [6.07, 6.45) is 7.00. The van der Waals surface area contributed by atoms with Gasteiger partial charge in [-0.15, -0.1) is 0 Å². The molecule has 0 aromatic heterocycles. The lowest BCUT2D eigenvalue weighted by Gasteiger charge is -2.31. The van der Waals surface area contributed by atoms with Crippen molar-refractivity contribution in [2.75, 3.05) is 0 Å². The number of hydrogen-bond donors (Lipinski definition) is 4. The maximum Gasteiger partial charge on any atom is 0.408 e. The van der Waals surface area contributed by atoms with Crippen molar-refractivity contribution in [3.05, 3.63) is 35.9 Å². The SMILES string of the molecule is CC(C)CC[C@@H](O)C(CC1CCCCC1)NC(=O)C(C)NC(=O)C(Cc1ccccc1)NC(=O)OC(C)(C)C. The van der Waals surface area contributed by atoms with E-state index in [1.807, 2.05) is 30.3 Å². The summed E-state index contributed by atoms with van der Waals surface area (Å²) in [5.41, 5.74) is 0.154. The monoisotopic (exact) mass is 545 g/mol. The second kappa shape index (κ2) is 15.8. The molecule has 220 valence electrons. The van der Waals surface area contributed by atoms with Crippen molar-refractivity contribution in [3.63, 3.8) is 0 Å². The van der Waals surface area contributed by atoms with Crippen molar-refractivity contribution in [2.24, 2.45) is 11.8 Å². The number of carbonyl (C=O) groups excluding carboxylic acids is 3. The van der Waals surface area contributed by atoms with Crippen LogP contribution in [0.2, 0.25) is 0 Å². The van der Waals surface area contributed by atoms with Crippen LogP contribution in [0.25, 0.3) is 0 Å². The van der Waals surface area contributed by atoms with Gasteiger partial charge in [0.05, 0.1) is 12.1 Å². The lowest BCUT2D eigenvalue weighted by Crippen LogP contribution is -2.56. The molecule has 1 aromatic rings. The topological polar surface area (TPSA) is 117 Å². The van der Waals surface area contributed by atoms with Gasteiger partial charge >= 0.3 is 6.09 Å². The molecule has 0 heterocycles. The molecule has 8 nitrogen and oxygen atoms in total. The van der Waals surface area contributed by atoms with E-state index in [1.165, 1.54) is 19.3 Å². The average molecular weight is 546 g/mol. The Balaban J connectivity index is 2.07. The number of aliphatic hydroxyl groups is 1. The first-order valence-corrected chi connectivity index (χ1v) is 14.7. The third-order valence-electron chi connectivity index (χ3n) is 7.19. The van der Waals surface area contributed by atoms with Gasteiger partial charge in [0, 0.05) is 6.42 Å². The maximum absolute atomic E-state index is 13.3. The molecule has 1 aromatic carbocycles. The molecule has 0 spiro atoms. The molecule has 0 radical (unpaired) electrons. The number of alkyl carbamates (subject to hydrolysis) is 1. The Kier molecular flexibility index (Phi) is 13.2. The van der Waals surface area contributed by atoms with E-state index in [9.17, 15) is 19.5 Å². The van der Waals surface area contributed by atoms with Crippen LogP contribution in [-0.4, -0.2) is 52.8 Å². The van der Waals surface area contributed by atoms with Crippen molar-refractivity contribution in [1.82, 2.24) is 16.0 Å². The van der Waals surface area contributed by atoms with E-state index in [4.69, 9.17) is 4.74 Å². The molecule has 4 N–H and O–H groups in total. The van der Waals surface area contributed by atoms with Gasteiger partial charge in [-0.05, 0) is 64.4 Å². The van der Waals surface area contributed by atoms with Crippen LogP contribution in [0.5, 0.6) is 0 Å². The van der Waals surface area contributed by atoms with Crippen LogP contribution in [0, 0.1) is 11.8 Å². The molecule has 0 saturated heterocycles. The quantitative estimate of drug-likeness (QED) is 0.282. The first kappa shape index (κ1) is 32.6. The standard InChI is InChI=1S/C31H51N3O5/c1-21(2)17-18-27(35)25(19-23-13-9-7-10-14-23)33-28(36)22(3)32-29(37)26(20-24-15-11-8-12-16-24)34-30(38)39-31(4,5)6/h8,11-12,15-16,21-23,25-27,35H,7,9-10,13-14,17-20H2,1-6H3,(H,32,37)(H,33,36)(H,34,38)/t22?,25?,26?,27-/m1/s1. The summed E-state index contributed by atoms with van der Waals surface area (Å²) in [7, 11) is 0. The van der Waals surface area contributed by atoms with Gasteiger partial charge in [0.25, 0.3) is 0 Å². The molecule has 0 aliphatic heterocycles. The van der Waals surface area contributed by atoms with E-state index in [1.54, 1.807) is 27.7 Å². The second-order valence-corrected chi connectivity index (χ2v) is 12.5. The minimum absolute atomic E-state index is 0.248. The molecular weight excluding hydrogens is 494 g/mol. The summed E-state index contributed by atoms with van der Waals surface area (Å²) in [5, 5.41) is 19.4. The molecular formula is C31H51N3O5. The molecule has 0 bridgehead atoms. The average Bonchev–Trinajstić information content (AvgIpc) is 2.86. The molecule has 4 atom stereocenters. The van der Waals surface area contributed by atoms with E-state index in [0.29, 0.717) is 18.3 Å². The highest BCUT2D eigenvalue weighted by Gasteiger charge is 2.30. The van der Waals surface area contributed by atoms with E-state index < -0.39 is 35.8 Å². The van der Waals surface area contributed by atoms with E-state index in [-0.39, 0.29) is 18.4 Å². The largest absolute Gasteiger partial charge is 0.444 e. The molecule has 3 unspecified atom stereocenters. The summed E-state index contributed by atoms with van der Waals surface area (Å²) in [6, 6.07) is 7.23. The molecule has 1 aliphatic carbocycles. The fourth-order valence-corrected chi connectivity index (χ4v) is 5.00. The van der Waals surface area contributed by atoms with Gasteiger partial charge in [-0.1, -0.05) is 76.3 Å². The zero-order valence-electron chi connectivity index (χ0n) is 24.8. The number of aliphatic hydroxyl groups excluding tert-OH is 1. The maximum atomic E-state index is 13.3. The van der Waals surface area contributed by atoms with Crippen LogP contribution in [-0.2, 0) is 20.7 Å². The van der Waals surface area contributed by atoms with Crippen molar-refractivity contribution in [1.29, 1.82) is 0 Å². The van der Waals surface area contributed by atoms with Crippen LogP contribution >= 0.6 is 0 Å². The van der Waals surface area contributed by atoms with Crippen LogP contribution in [0.4, 0.5) is 4.79 Å². The molecule has 1 saturated carbocycles. The van der Waals surface area contributed by atoms with Crippen LogP contribution in [0.3, 0.4) is 0 Å². The van der Waals surface area contributed by atoms with Crippen molar-refractivity contribution in [2.45, 2.75) is 129 Å². The fraction of sp³-hybridized carbons (Fsp3) is 0.710. The molecule has 2 rings (SSSR count). The first-order valence-electron chi connectivity index (χ1n) is 14.7. The van der Waals surface area contributed by atoms with Crippen molar-refractivity contribution >= 4 is 17.9 Å². The smallest absolute Gasteiger partial charge is 0.408 e. The molecule has 1 aliphatic rings. The number of benzene rings is 1. The van der Waals surface area contributed by atoms with Crippen LogP contribution in [0.1, 0.15) is 98.5 Å². The normalized spacial score (nSPS) is 17.5. The molecule has 8 heteroatoms. The van der Waals surface area contributed by atoms with E-state index in [0.717, 1.165) is 31.2 Å². The number of carbonyl (C=O) groups is 3. The second-order valence-electron chi connectivity index (χ2n) is 12.5. The third-order valence-corrected chi connectivity index (χ3v) is 7.19. The summed E-state index contributed by atoms with van der Waals surface area (Å²) < 4.78 is 5.36. The van der Waals surface area contributed by atoms with Crippen LogP contribution < -0.4 is 16.0 Å². The highest BCUT2D eigenvalue weighted by molar-refractivity contribution is 5.91. The van der Waals surface area contributed by atoms with Gasteiger partial charge in [0.15, 0.2) is 0 Å². The predicted octanol–water partition coefficient (Wildman–Crippen LogP) is 4.88. The zero-order valence-corrected chi connectivity index (χ0v) is 24.8. The molecule has 3 amide bonds.